The molecule has 0 amide bonds. The van der Waals surface area contributed by atoms with Crippen LogP contribution in [-0.4, -0.2) is 45.4 Å². The Kier molecular flexibility index (Phi) is 5.24. The zero-order chi connectivity index (χ0) is 15.6. The molecule has 116 valence electrons. The van der Waals surface area contributed by atoms with E-state index in [9.17, 15) is 8.42 Å². The van der Waals surface area contributed by atoms with Crippen molar-refractivity contribution in [3.05, 3.63) is 40.4 Å². The molecule has 0 saturated carbocycles. The van der Waals surface area contributed by atoms with Gasteiger partial charge in [-0.25, -0.2) is 8.42 Å². The topological polar surface area (TPSA) is 41.8 Å². The highest BCUT2D eigenvalue weighted by atomic mass is 79.9. The van der Waals surface area contributed by atoms with Crippen molar-refractivity contribution in [1.29, 1.82) is 0 Å². The zero-order valence-corrected chi connectivity index (χ0v) is 14.9. The normalized spacial score (nSPS) is 17.9. The van der Waals surface area contributed by atoms with Crippen LogP contribution in [0.25, 0.3) is 0 Å². The smallest absolute Gasteiger partial charge is 0.243 e. The highest BCUT2D eigenvalue weighted by molar-refractivity contribution is 9.10. The lowest BCUT2D eigenvalue weighted by atomic mass is 10.2. The number of rotatable bonds is 4. The van der Waals surface area contributed by atoms with Gasteiger partial charge in [-0.3, -0.25) is 0 Å². The number of hydrogen-bond acceptors (Lipinski definition) is 2. The van der Waals surface area contributed by atoms with E-state index in [4.69, 9.17) is 0 Å². The second kappa shape index (κ2) is 6.60. The van der Waals surface area contributed by atoms with Gasteiger partial charge in [0.25, 0.3) is 0 Å². The molecule has 0 spiro atoms. The minimum atomic E-state index is -3.38. The number of hydrogen-bond donors (Lipinski definition) is 1. The Labute approximate surface area is 135 Å². The molecular weight excluding hydrogens is 352 g/mol. The van der Waals surface area contributed by atoms with E-state index in [1.807, 2.05) is 13.8 Å². The van der Waals surface area contributed by atoms with Crippen LogP contribution in [0.15, 0.2) is 39.7 Å². The summed E-state index contributed by atoms with van der Waals surface area (Å²) < 4.78 is 27.8. The molecule has 0 bridgehead atoms. The summed E-state index contributed by atoms with van der Waals surface area (Å²) in [5.41, 5.74) is 2.08. The van der Waals surface area contributed by atoms with Gasteiger partial charge >= 0.3 is 0 Å². The van der Waals surface area contributed by atoms with Crippen molar-refractivity contribution in [3.8, 4) is 0 Å². The van der Waals surface area contributed by atoms with Gasteiger partial charge in [-0.1, -0.05) is 22.5 Å². The Morgan fingerprint density at radius 3 is 2.52 bits per heavy atom. The molecule has 1 aromatic rings. The summed E-state index contributed by atoms with van der Waals surface area (Å²) in [6.45, 7) is 11.6. The van der Waals surface area contributed by atoms with Crippen LogP contribution in [0.2, 0.25) is 0 Å². The Morgan fingerprint density at radius 1 is 1.38 bits per heavy atom. The predicted octanol–water partition coefficient (Wildman–Crippen LogP) is 1.22. The summed E-state index contributed by atoms with van der Waals surface area (Å²) in [6.07, 6.45) is 0. The summed E-state index contributed by atoms with van der Waals surface area (Å²) in [5, 5.41) is 0. The molecule has 1 aliphatic heterocycles. The van der Waals surface area contributed by atoms with Crippen LogP contribution < -0.4 is 4.90 Å². The average Bonchev–Trinajstić information content (AvgIpc) is 2.41. The summed E-state index contributed by atoms with van der Waals surface area (Å²) >= 11 is 3.40. The predicted molar refractivity (Wildman–Crippen MR) is 88.0 cm³/mol. The number of halogens is 1. The Bertz CT molecular complexity index is 635. The van der Waals surface area contributed by atoms with Gasteiger partial charge in [0, 0.05) is 4.47 Å². The second-order valence-electron chi connectivity index (χ2n) is 5.70. The van der Waals surface area contributed by atoms with Gasteiger partial charge in [-0.05, 0) is 43.2 Å². The molecular formula is C15H22BrN2O2S+. The van der Waals surface area contributed by atoms with Crippen molar-refractivity contribution < 1.29 is 13.3 Å². The molecule has 6 heteroatoms. The van der Waals surface area contributed by atoms with Crippen LogP contribution in [0.4, 0.5) is 0 Å². The first-order valence-electron chi connectivity index (χ1n) is 7.05. The lowest BCUT2D eigenvalue weighted by Crippen LogP contribution is -3.14. The SMILES string of the molecule is C=C(C)C[NH+]1CCN(S(=O)(=O)c2ccc(Br)c(C)c2)CC1. The van der Waals surface area contributed by atoms with Gasteiger partial charge in [-0.15, -0.1) is 0 Å². The first-order chi connectivity index (χ1) is 9.80. The van der Waals surface area contributed by atoms with E-state index in [0.29, 0.717) is 18.0 Å². The average molecular weight is 374 g/mol. The molecule has 1 N–H and O–H groups in total. The van der Waals surface area contributed by atoms with E-state index in [1.165, 1.54) is 4.90 Å². The fraction of sp³-hybridized carbons (Fsp3) is 0.467. The third kappa shape index (κ3) is 3.94. The fourth-order valence-electron chi connectivity index (χ4n) is 2.57. The van der Waals surface area contributed by atoms with E-state index in [1.54, 1.807) is 22.5 Å². The van der Waals surface area contributed by atoms with Crippen LogP contribution in [0.5, 0.6) is 0 Å². The molecule has 2 rings (SSSR count). The van der Waals surface area contributed by atoms with Gasteiger partial charge in [0.1, 0.15) is 0 Å². The summed E-state index contributed by atoms with van der Waals surface area (Å²) in [6, 6.07) is 5.19. The number of benzene rings is 1. The number of aryl methyl sites for hydroxylation is 1. The number of nitrogens with one attached hydrogen (secondary N) is 1. The van der Waals surface area contributed by atoms with Crippen LogP contribution in [0.1, 0.15) is 12.5 Å². The molecule has 0 radical (unpaired) electrons. The number of sulfonamides is 1. The Hall–Kier alpha value is -0.690. The number of nitrogens with zero attached hydrogens (tertiary/aromatic N) is 1. The molecule has 0 unspecified atom stereocenters. The van der Waals surface area contributed by atoms with Crippen molar-refractivity contribution in [2.45, 2.75) is 18.7 Å². The third-order valence-corrected chi connectivity index (χ3v) is 6.53. The monoisotopic (exact) mass is 373 g/mol. The molecule has 0 aromatic heterocycles. The summed E-state index contributed by atoms with van der Waals surface area (Å²) in [7, 11) is -3.38. The maximum atomic E-state index is 12.7. The van der Waals surface area contributed by atoms with E-state index in [0.717, 1.165) is 35.2 Å². The number of quaternary nitrogens is 1. The van der Waals surface area contributed by atoms with Crippen molar-refractivity contribution in [2.24, 2.45) is 0 Å². The lowest BCUT2D eigenvalue weighted by Gasteiger charge is -2.31. The van der Waals surface area contributed by atoms with Crippen molar-refractivity contribution in [1.82, 2.24) is 4.31 Å². The van der Waals surface area contributed by atoms with Gasteiger partial charge in [0.15, 0.2) is 0 Å². The van der Waals surface area contributed by atoms with Crippen molar-refractivity contribution in [3.63, 3.8) is 0 Å². The molecule has 1 fully saturated rings. The zero-order valence-electron chi connectivity index (χ0n) is 12.5. The number of piperazine rings is 1. The van der Waals surface area contributed by atoms with Crippen LogP contribution in [0.3, 0.4) is 0 Å². The van der Waals surface area contributed by atoms with E-state index in [2.05, 4.69) is 22.5 Å². The maximum Gasteiger partial charge on any atom is 0.243 e. The van der Waals surface area contributed by atoms with E-state index < -0.39 is 10.0 Å². The molecule has 4 nitrogen and oxygen atoms in total. The minimum absolute atomic E-state index is 0.381. The summed E-state index contributed by atoms with van der Waals surface area (Å²) in [4.78, 5) is 1.78. The molecule has 1 heterocycles. The van der Waals surface area contributed by atoms with Crippen LogP contribution >= 0.6 is 15.9 Å². The molecule has 1 aliphatic rings. The summed E-state index contributed by atoms with van der Waals surface area (Å²) in [5.74, 6) is 0. The Morgan fingerprint density at radius 2 is 2.00 bits per heavy atom. The van der Waals surface area contributed by atoms with Crippen LogP contribution in [0, 0.1) is 6.92 Å². The van der Waals surface area contributed by atoms with E-state index >= 15 is 0 Å². The van der Waals surface area contributed by atoms with Gasteiger partial charge in [0.05, 0.1) is 37.6 Å². The van der Waals surface area contributed by atoms with E-state index in [-0.39, 0.29) is 0 Å². The highest BCUT2D eigenvalue weighted by Crippen LogP contribution is 2.22. The van der Waals surface area contributed by atoms with Gasteiger partial charge in [0.2, 0.25) is 10.0 Å². The quantitative estimate of drug-likeness (QED) is 0.806. The molecule has 0 atom stereocenters. The van der Waals surface area contributed by atoms with Gasteiger partial charge in [-0.2, -0.15) is 4.31 Å². The largest absolute Gasteiger partial charge is 0.329 e. The van der Waals surface area contributed by atoms with Gasteiger partial charge < -0.3 is 4.90 Å². The molecule has 1 saturated heterocycles. The highest BCUT2D eigenvalue weighted by Gasteiger charge is 2.30. The van der Waals surface area contributed by atoms with Crippen molar-refractivity contribution >= 4 is 26.0 Å². The molecule has 0 aliphatic carbocycles. The minimum Gasteiger partial charge on any atom is -0.329 e. The molecule has 21 heavy (non-hydrogen) atoms. The van der Waals surface area contributed by atoms with Crippen LogP contribution in [-0.2, 0) is 10.0 Å². The first kappa shape index (κ1) is 16.7. The third-order valence-electron chi connectivity index (χ3n) is 3.75. The fourth-order valence-corrected chi connectivity index (χ4v) is 4.35. The Balaban J connectivity index is 2.11. The maximum absolute atomic E-state index is 12.7. The molecule has 1 aromatic carbocycles. The second-order valence-corrected chi connectivity index (χ2v) is 8.49. The van der Waals surface area contributed by atoms with Crippen molar-refractivity contribution in [2.75, 3.05) is 32.7 Å². The standard InChI is InChI=1S/C15H21BrN2O2S/c1-12(2)11-17-6-8-18(9-7-17)21(19,20)14-4-5-15(16)13(3)10-14/h4-5,10H,1,6-9,11H2,2-3H3/p+1. The first-order valence-corrected chi connectivity index (χ1v) is 9.28. The lowest BCUT2D eigenvalue weighted by molar-refractivity contribution is -0.898.